The molecule has 0 bridgehead atoms. The molecule has 4 nitrogen and oxygen atoms in total. The van der Waals surface area contributed by atoms with Gasteiger partial charge in [0.15, 0.2) is 0 Å². The fraction of sp³-hybridized carbons (Fsp3) is 0.0625. The Morgan fingerprint density at radius 3 is 2.81 bits per heavy atom. The Balaban J connectivity index is 2.09. The number of nitrogen functional groups attached to an aromatic ring is 1. The van der Waals surface area contributed by atoms with E-state index < -0.39 is 0 Å². The number of nitrogens with two attached hydrogens (primary N) is 1. The lowest BCUT2D eigenvalue weighted by molar-refractivity contribution is 0.415. The van der Waals surface area contributed by atoms with Crippen LogP contribution in [0.5, 0.6) is 17.4 Å². The predicted octanol–water partition coefficient (Wildman–Crippen LogP) is 4.38. The van der Waals surface area contributed by atoms with Crippen LogP contribution in [0.2, 0.25) is 0 Å². The SMILES string of the molecule is COc1ccc2ccnc(Oc3cccc(N)c3Br)c2c1. The van der Waals surface area contributed by atoms with E-state index in [0.717, 1.165) is 16.5 Å². The Bertz CT molecular complexity index is 805. The molecular formula is C16H13BrN2O2. The molecule has 0 atom stereocenters. The van der Waals surface area contributed by atoms with Gasteiger partial charge in [0.05, 0.1) is 11.6 Å². The van der Waals surface area contributed by atoms with Gasteiger partial charge in [0, 0.05) is 17.3 Å². The van der Waals surface area contributed by atoms with Crippen molar-refractivity contribution in [3.8, 4) is 17.4 Å². The summed E-state index contributed by atoms with van der Waals surface area (Å²) in [5.41, 5.74) is 6.48. The monoisotopic (exact) mass is 344 g/mol. The molecule has 0 amide bonds. The van der Waals surface area contributed by atoms with Crippen molar-refractivity contribution in [2.45, 2.75) is 0 Å². The molecule has 0 aliphatic heterocycles. The first kappa shape index (κ1) is 13.7. The van der Waals surface area contributed by atoms with E-state index in [-0.39, 0.29) is 0 Å². The minimum absolute atomic E-state index is 0.512. The molecule has 2 aromatic carbocycles. The summed E-state index contributed by atoms with van der Waals surface area (Å²) < 4.78 is 11.9. The number of ether oxygens (including phenoxy) is 2. The maximum absolute atomic E-state index is 5.91. The van der Waals surface area contributed by atoms with Gasteiger partial charge in [0.25, 0.3) is 0 Å². The highest BCUT2D eigenvalue weighted by Crippen LogP contribution is 2.36. The van der Waals surface area contributed by atoms with Crippen LogP contribution in [0, 0.1) is 0 Å². The standard InChI is InChI=1S/C16H13BrN2O2/c1-20-11-6-5-10-7-8-19-16(12(10)9-11)21-14-4-2-3-13(18)15(14)17/h2-9H,18H2,1H3. The molecule has 21 heavy (non-hydrogen) atoms. The first-order valence-electron chi connectivity index (χ1n) is 6.33. The number of hydrogen-bond acceptors (Lipinski definition) is 4. The van der Waals surface area contributed by atoms with E-state index in [2.05, 4.69) is 20.9 Å². The van der Waals surface area contributed by atoms with Crippen molar-refractivity contribution in [2.75, 3.05) is 12.8 Å². The zero-order valence-electron chi connectivity index (χ0n) is 11.3. The van der Waals surface area contributed by atoms with Crippen molar-refractivity contribution in [2.24, 2.45) is 0 Å². The molecule has 0 unspecified atom stereocenters. The molecule has 3 aromatic rings. The van der Waals surface area contributed by atoms with Crippen molar-refractivity contribution in [3.63, 3.8) is 0 Å². The largest absolute Gasteiger partial charge is 0.497 e. The predicted molar refractivity (Wildman–Crippen MR) is 86.9 cm³/mol. The maximum atomic E-state index is 5.91. The summed E-state index contributed by atoms with van der Waals surface area (Å²) in [7, 11) is 1.63. The number of pyridine rings is 1. The highest BCUT2D eigenvalue weighted by molar-refractivity contribution is 9.10. The van der Waals surface area contributed by atoms with Gasteiger partial charge >= 0.3 is 0 Å². The summed E-state index contributed by atoms with van der Waals surface area (Å²) in [5.74, 6) is 1.89. The third-order valence-corrected chi connectivity index (χ3v) is 3.99. The number of hydrogen-bond donors (Lipinski definition) is 1. The van der Waals surface area contributed by atoms with Crippen LogP contribution in [-0.4, -0.2) is 12.1 Å². The van der Waals surface area contributed by atoms with Gasteiger partial charge in [-0.25, -0.2) is 4.98 Å². The van der Waals surface area contributed by atoms with Crippen LogP contribution >= 0.6 is 15.9 Å². The Morgan fingerprint density at radius 1 is 1.14 bits per heavy atom. The Labute approximate surface area is 130 Å². The van der Waals surface area contributed by atoms with Gasteiger partial charge in [-0.3, -0.25) is 0 Å². The molecule has 0 radical (unpaired) electrons. The average Bonchev–Trinajstić information content (AvgIpc) is 2.51. The molecule has 0 aliphatic rings. The second kappa shape index (κ2) is 5.61. The van der Waals surface area contributed by atoms with Gasteiger partial charge in [-0.2, -0.15) is 0 Å². The van der Waals surface area contributed by atoms with Crippen LogP contribution in [0.25, 0.3) is 10.8 Å². The van der Waals surface area contributed by atoms with Crippen LogP contribution in [0.3, 0.4) is 0 Å². The van der Waals surface area contributed by atoms with Crippen LogP contribution in [0.1, 0.15) is 0 Å². The molecule has 2 N–H and O–H groups in total. The molecule has 5 heteroatoms. The normalized spacial score (nSPS) is 10.6. The van der Waals surface area contributed by atoms with Gasteiger partial charge in [0.1, 0.15) is 11.5 Å². The molecule has 0 saturated heterocycles. The van der Waals surface area contributed by atoms with E-state index in [1.807, 2.05) is 36.4 Å². The van der Waals surface area contributed by atoms with Crippen LogP contribution in [0.15, 0.2) is 53.1 Å². The third-order valence-electron chi connectivity index (χ3n) is 3.14. The van der Waals surface area contributed by atoms with Crippen molar-refractivity contribution in [1.82, 2.24) is 4.98 Å². The number of halogens is 1. The fourth-order valence-electron chi connectivity index (χ4n) is 2.04. The zero-order valence-corrected chi connectivity index (χ0v) is 12.9. The zero-order chi connectivity index (χ0) is 14.8. The van der Waals surface area contributed by atoms with E-state index in [0.29, 0.717) is 21.8 Å². The quantitative estimate of drug-likeness (QED) is 0.716. The van der Waals surface area contributed by atoms with Crippen LogP contribution < -0.4 is 15.2 Å². The minimum atomic E-state index is 0.512. The molecule has 3 rings (SSSR count). The number of aromatic nitrogens is 1. The Morgan fingerprint density at radius 2 is 2.00 bits per heavy atom. The van der Waals surface area contributed by atoms with E-state index >= 15 is 0 Å². The molecule has 0 saturated carbocycles. The summed E-state index contributed by atoms with van der Waals surface area (Å²) >= 11 is 3.43. The fourth-order valence-corrected chi connectivity index (χ4v) is 2.39. The van der Waals surface area contributed by atoms with E-state index in [9.17, 15) is 0 Å². The summed E-state index contributed by atoms with van der Waals surface area (Å²) in [4.78, 5) is 4.31. The first-order valence-corrected chi connectivity index (χ1v) is 7.13. The van der Waals surface area contributed by atoms with Crippen molar-refractivity contribution < 1.29 is 9.47 Å². The van der Waals surface area contributed by atoms with Crippen molar-refractivity contribution in [3.05, 3.63) is 53.1 Å². The molecular weight excluding hydrogens is 332 g/mol. The van der Waals surface area contributed by atoms with E-state index in [1.165, 1.54) is 0 Å². The number of fused-ring (bicyclic) bond motifs is 1. The molecule has 1 aromatic heterocycles. The van der Waals surface area contributed by atoms with Gasteiger partial charge in [0.2, 0.25) is 5.88 Å². The topological polar surface area (TPSA) is 57.4 Å². The van der Waals surface area contributed by atoms with Gasteiger partial charge in [-0.15, -0.1) is 0 Å². The molecule has 0 fully saturated rings. The maximum Gasteiger partial charge on any atom is 0.227 e. The molecule has 0 aliphatic carbocycles. The Kier molecular flexibility index (Phi) is 3.66. The lowest BCUT2D eigenvalue weighted by Crippen LogP contribution is -1.93. The molecule has 1 heterocycles. The van der Waals surface area contributed by atoms with Gasteiger partial charge in [-0.1, -0.05) is 12.1 Å². The molecule has 0 spiro atoms. The van der Waals surface area contributed by atoms with E-state index in [4.69, 9.17) is 15.2 Å². The van der Waals surface area contributed by atoms with Crippen LogP contribution in [0.4, 0.5) is 5.69 Å². The van der Waals surface area contributed by atoms with E-state index in [1.54, 1.807) is 19.4 Å². The van der Waals surface area contributed by atoms with Crippen molar-refractivity contribution in [1.29, 1.82) is 0 Å². The second-order valence-electron chi connectivity index (χ2n) is 4.46. The summed E-state index contributed by atoms with van der Waals surface area (Å²) in [6.07, 6.45) is 1.71. The minimum Gasteiger partial charge on any atom is -0.497 e. The molecule has 106 valence electrons. The number of anilines is 1. The lowest BCUT2D eigenvalue weighted by atomic mass is 10.1. The van der Waals surface area contributed by atoms with Gasteiger partial charge in [-0.05, 0) is 51.6 Å². The highest BCUT2D eigenvalue weighted by Gasteiger charge is 2.10. The number of benzene rings is 2. The number of methoxy groups -OCH3 is 1. The average molecular weight is 345 g/mol. The third kappa shape index (κ3) is 2.64. The first-order chi connectivity index (χ1) is 10.2. The summed E-state index contributed by atoms with van der Waals surface area (Å²) in [6.45, 7) is 0. The highest BCUT2D eigenvalue weighted by atomic mass is 79.9. The second-order valence-corrected chi connectivity index (χ2v) is 5.26. The Hall–Kier alpha value is -2.27. The number of rotatable bonds is 3. The number of nitrogens with zero attached hydrogens (tertiary/aromatic N) is 1. The lowest BCUT2D eigenvalue weighted by Gasteiger charge is -2.11. The van der Waals surface area contributed by atoms with Crippen LogP contribution in [-0.2, 0) is 0 Å². The smallest absolute Gasteiger partial charge is 0.227 e. The summed E-state index contributed by atoms with van der Waals surface area (Å²) in [6, 6.07) is 13.2. The van der Waals surface area contributed by atoms with Gasteiger partial charge < -0.3 is 15.2 Å². The summed E-state index contributed by atoms with van der Waals surface area (Å²) in [5, 5.41) is 1.91. The van der Waals surface area contributed by atoms with Crippen molar-refractivity contribution >= 4 is 32.4 Å².